The fourth-order valence-electron chi connectivity index (χ4n) is 0.133. The van der Waals surface area contributed by atoms with Crippen molar-refractivity contribution < 1.29 is 4.84 Å². The molecule has 0 aliphatic carbocycles. The zero-order valence-electron chi connectivity index (χ0n) is 3.65. The van der Waals surface area contributed by atoms with E-state index < -0.39 is 0 Å². The van der Waals surface area contributed by atoms with Gasteiger partial charge in [-0.2, -0.15) is 0 Å². The summed E-state index contributed by atoms with van der Waals surface area (Å²) in [5.41, 5.74) is 0. The largest absolute Gasteiger partial charge is 0.303 e. The van der Waals surface area contributed by atoms with E-state index in [1.54, 1.807) is 0 Å². The molecule has 0 aromatic carbocycles. The van der Waals surface area contributed by atoms with Crippen molar-refractivity contribution in [3.8, 4) is 0 Å². The second-order valence-corrected chi connectivity index (χ2v) is 2.68. The van der Waals surface area contributed by atoms with Gasteiger partial charge in [-0.1, -0.05) is 22.9 Å². The van der Waals surface area contributed by atoms with Crippen LogP contribution in [0.2, 0.25) is 0 Å². The minimum Gasteiger partial charge on any atom is -0.303 e. The predicted octanol–water partition coefficient (Wildman–Crippen LogP) is 0.660. The average Bonchev–Trinajstić information content (AvgIpc) is 1.35. The van der Waals surface area contributed by atoms with Crippen molar-refractivity contribution in [3.05, 3.63) is 0 Å². The second-order valence-electron chi connectivity index (χ2n) is 1.11. The summed E-state index contributed by atoms with van der Waals surface area (Å²) in [7, 11) is 0. The van der Waals surface area contributed by atoms with Gasteiger partial charge in [0.2, 0.25) is 0 Å². The number of hydrogen-bond donors (Lipinski definition) is 1. The monoisotopic (exact) mass is 153 g/mol. The van der Waals surface area contributed by atoms with Gasteiger partial charge < -0.3 is 4.84 Å². The fourth-order valence-corrected chi connectivity index (χ4v) is 0.285. The minimum absolute atomic E-state index is 0.363. The predicted molar refractivity (Wildman–Crippen MR) is 28.5 cm³/mol. The summed E-state index contributed by atoms with van der Waals surface area (Å²) < 4.78 is 0. The van der Waals surface area contributed by atoms with Gasteiger partial charge >= 0.3 is 0 Å². The molecule has 2 nitrogen and oxygen atoms in total. The van der Waals surface area contributed by atoms with Crippen LogP contribution in [0, 0.1) is 0 Å². The molecule has 0 rings (SSSR count). The highest BCUT2D eigenvalue weighted by atomic mass is 79.9. The Bertz CT molecular complexity index is 32.0. The van der Waals surface area contributed by atoms with Gasteiger partial charge in [0.15, 0.2) is 0 Å². The van der Waals surface area contributed by atoms with Crippen molar-refractivity contribution in [2.24, 2.45) is 5.90 Å². The molecule has 0 bridgehead atoms. The highest BCUT2D eigenvalue weighted by molar-refractivity contribution is 9.09. The van der Waals surface area contributed by atoms with E-state index in [4.69, 9.17) is 5.90 Å². The topological polar surface area (TPSA) is 35.2 Å². The van der Waals surface area contributed by atoms with Gasteiger partial charge in [0.05, 0.1) is 6.61 Å². The van der Waals surface area contributed by atoms with Gasteiger partial charge in [0, 0.05) is 4.83 Å². The number of rotatable bonds is 2. The summed E-state index contributed by atoms with van der Waals surface area (Å²) in [5, 5.41) is 0. The molecule has 0 radical (unpaired) electrons. The fraction of sp³-hybridized carbons (Fsp3) is 1.00. The Morgan fingerprint density at radius 1 is 2.00 bits per heavy atom. The lowest BCUT2D eigenvalue weighted by Gasteiger charge is -1.95. The molecule has 0 heterocycles. The highest BCUT2D eigenvalue weighted by Gasteiger charge is 1.89. The lowest BCUT2D eigenvalue weighted by Crippen LogP contribution is -2.07. The molecule has 0 aromatic rings. The third-order valence-electron chi connectivity index (χ3n) is 0.326. The number of alkyl halides is 1. The smallest absolute Gasteiger partial charge is 0.0801 e. The summed E-state index contributed by atoms with van der Waals surface area (Å²) in [6.07, 6.45) is 0. The molecule has 0 spiro atoms. The van der Waals surface area contributed by atoms with Crippen molar-refractivity contribution in [1.29, 1.82) is 0 Å². The van der Waals surface area contributed by atoms with E-state index in [9.17, 15) is 0 Å². The first-order chi connectivity index (χ1) is 2.77. The normalized spacial score (nSPS) is 14.5. The Balaban J connectivity index is 2.63. The van der Waals surface area contributed by atoms with Crippen molar-refractivity contribution in [2.75, 3.05) is 6.61 Å². The van der Waals surface area contributed by atoms with Crippen LogP contribution in [0.1, 0.15) is 6.92 Å². The Morgan fingerprint density at radius 3 is 2.50 bits per heavy atom. The lowest BCUT2D eigenvalue weighted by atomic mass is 10.5. The van der Waals surface area contributed by atoms with Gasteiger partial charge in [0.1, 0.15) is 0 Å². The first-order valence-corrected chi connectivity index (χ1v) is 2.64. The van der Waals surface area contributed by atoms with E-state index in [2.05, 4.69) is 20.8 Å². The molecule has 0 fully saturated rings. The maximum absolute atomic E-state index is 4.70. The Hall–Kier alpha value is 0.400. The molecule has 1 atom stereocenters. The molecule has 0 amide bonds. The van der Waals surface area contributed by atoms with Crippen LogP contribution in [0.25, 0.3) is 0 Å². The number of hydrogen-bond acceptors (Lipinski definition) is 2. The third-order valence-corrected chi connectivity index (χ3v) is 0.590. The van der Waals surface area contributed by atoms with Crippen LogP contribution in [0.4, 0.5) is 0 Å². The highest BCUT2D eigenvalue weighted by Crippen LogP contribution is 1.93. The molecule has 0 saturated heterocycles. The van der Waals surface area contributed by atoms with Crippen LogP contribution >= 0.6 is 15.9 Å². The van der Waals surface area contributed by atoms with E-state index in [0.717, 1.165) is 0 Å². The summed E-state index contributed by atoms with van der Waals surface area (Å²) in [4.78, 5) is 4.62. The molecule has 38 valence electrons. The summed E-state index contributed by atoms with van der Waals surface area (Å²) in [6, 6.07) is 0. The number of nitrogens with two attached hydrogens (primary N) is 1. The van der Waals surface area contributed by atoms with Gasteiger partial charge in [-0.25, -0.2) is 5.90 Å². The maximum Gasteiger partial charge on any atom is 0.0801 e. The molecular formula is C3H8BrNO. The van der Waals surface area contributed by atoms with Crippen molar-refractivity contribution in [1.82, 2.24) is 0 Å². The van der Waals surface area contributed by atoms with Crippen LogP contribution < -0.4 is 5.90 Å². The number of halogens is 1. The van der Waals surface area contributed by atoms with E-state index in [1.807, 2.05) is 6.92 Å². The molecule has 3 heteroatoms. The molecule has 0 aliphatic heterocycles. The van der Waals surface area contributed by atoms with Crippen LogP contribution in [-0.4, -0.2) is 11.4 Å². The molecular weight excluding hydrogens is 146 g/mol. The van der Waals surface area contributed by atoms with Gasteiger partial charge in [-0.15, -0.1) is 0 Å². The molecule has 6 heavy (non-hydrogen) atoms. The Labute approximate surface area is 45.7 Å². The zero-order chi connectivity index (χ0) is 4.99. The van der Waals surface area contributed by atoms with Crippen LogP contribution in [-0.2, 0) is 4.84 Å². The quantitative estimate of drug-likeness (QED) is 0.468. The van der Waals surface area contributed by atoms with Crippen LogP contribution in [0.15, 0.2) is 0 Å². The lowest BCUT2D eigenvalue weighted by molar-refractivity contribution is 0.143. The van der Waals surface area contributed by atoms with Gasteiger partial charge in [-0.3, -0.25) is 0 Å². The first-order valence-electron chi connectivity index (χ1n) is 1.73. The molecule has 2 N–H and O–H groups in total. The van der Waals surface area contributed by atoms with Crippen molar-refractivity contribution in [3.63, 3.8) is 0 Å². The second kappa shape index (κ2) is 3.59. The van der Waals surface area contributed by atoms with Crippen molar-refractivity contribution in [2.45, 2.75) is 11.8 Å². The first kappa shape index (κ1) is 6.40. The van der Waals surface area contributed by atoms with Gasteiger partial charge in [0.25, 0.3) is 0 Å². The van der Waals surface area contributed by atoms with Gasteiger partial charge in [-0.05, 0) is 0 Å². The summed E-state index contributed by atoms with van der Waals surface area (Å²) in [6.45, 7) is 2.53. The summed E-state index contributed by atoms with van der Waals surface area (Å²) in [5.74, 6) is 4.70. The Kier molecular flexibility index (Phi) is 3.82. The third kappa shape index (κ3) is 4.40. The maximum atomic E-state index is 4.70. The Morgan fingerprint density at radius 2 is 2.50 bits per heavy atom. The minimum atomic E-state index is 0.363. The zero-order valence-corrected chi connectivity index (χ0v) is 5.23. The standard InChI is InChI=1S/C3H8BrNO/c1-3(4)2-6-5/h3H,2,5H2,1H3. The molecule has 0 saturated carbocycles. The van der Waals surface area contributed by atoms with Crippen molar-refractivity contribution >= 4 is 15.9 Å². The van der Waals surface area contributed by atoms with E-state index >= 15 is 0 Å². The van der Waals surface area contributed by atoms with Crippen LogP contribution in [0.5, 0.6) is 0 Å². The van der Waals surface area contributed by atoms with E-state index in [1.165, 1.54) is 0 Å². The molecule has 0 aliphatic rings. The average molecular weight is 154 g/mol. The molecule has 1 unspecified atom stereocenters. The van der Waals surface area contributed by atoms with E-state index in [-0.39, 0.29) is 0 Å². The molecule has 0 aromatic heterocycles. The van der Waals surface area contributed by atoms with Crippen LogP contribution in [0.3, 0.4) is 0 Å². The van der Waals surface area contributed by atoms with E-state index in [0.29, 0.717) is 11.4 Å². The SMILES string of the molecule is CC(Br)CON. The summed E-state index contributed by atoms with van der Waals surface area (Å²) >= 11 is 3.23.